The van der Waals surface area contributed by atoms with Crippen LogP contribution in [0.3, 0.4) is 0 Å². The van der Waals surface area contributed by atoms with Crippen molar-refractivity contribution in [3.05, 3.63) is 107 Å². The third-order valence-corrected chi connectivity index (χ3v) is 8.66. The first-order chi connectivity index (χ1) is 20.2. The van der Waals surface area contributed by atoms with Gasteiger partial charge in [-0.3, -0.25) is 9.59 Å². The monoisotopic (exact) mass is 564 g/mol. The van der Waals surface area contributed by atoms with Crippen LogP contribution in [-0.4, -0.2) is 57.9 Å². The van der Waals surface area contributed by atoms with E-state index in [-0.39, 0.29) is 17.8 Å². The molecule has 4 N–H and O–H groups in total. The van der Waals surface area contributed by atoms with Gasteiger partial charge in [-0.2, -0.15) is 0 Å². The van der Waals surface area contributed by atoms with Crippen molar-refractivity contribution < 1.29 is 19.1 Å². The summed E-state index contributed by atoms with van der Waals surface area (Å²) in [6.07, 6.45) is 3.17. The Labute approximate surface area is 245 Å². The molecule has 0 bridgehead atoms. The summed E-state index contributed by atoms with van der Waals surface area (Å²) in [7, 11) is 0. The predicted molar refractivity (Wildman–Crippen MR) is 161 cm³/mol. The summed E-state index contributed by atoms with van der Waals surface area (Å²) in [6.45, 7) is 4.03. The van der Waals surface area contributed by atoms with E-state index in [1.807, 2.05) is 72.9 Å². The van der Waals surface area contributed by atoms with Crippen LogP contribution in [0.5, 0.6) is 0 Å². The Bertz CT molecular complexity index is 1630. The minimum Gasteiger partial charge on any atom is -0.454 e. The van der Waals surface area contributed by atoms with Crippen molar-refractivity contribution in [2.75, 3.05) is 13.1 Å². The van der Waals surface area contributed by atoms with E-state index >= 15 is 0 Å². The van der Waals surface area contributed by atoms with Gasteiger partial charge in [0.2, 0.25) is 11.8 Å². The van der Waals surface area contributed by atoms with Gasteiger partial charge in [0.25, 0.3) is 0 Å². The number of nitrogens with two attached hydrogens (primary N) is 1. The highest BCUT2D eigenvalue weighted by Crippen LogP contribution is 2.48. The number of hydrogen-bond acceptors (Lipinski definition) is 5. The average Bonchev–Trinajstić information content (AvgIpc) is 3.39. The first-order valence-corrected chi connectivity index (χ1v) is 14.5. The Morgan fingerprint density at radius 2 is 1.69 bits per heavy atom. The van der Waals surface area contributed by atoms with Crippen LogP contribution < -0.4 is 11.1 Å². The summed E-state index contributed by atoms with van der Waals surface area (Å²) < 4.78 is 6.27. The number of aromatic amines is 1. The van der Waals surface area contributed by atoms with E-state index in [1.54, 1.807) is 18.7 Å². The number of esters is 1. The van der Waals surface area contributed by atoms with Crippen LogP contribution in [0.2, 0.25) is 0 Å². The van der Waals surface area contributed by atoms with Crippen molar-refractivity contribution in [3.63, 3.8) is 0 Å². The number of hydrogen-bond donors (Lipinski definition) is 3. The van der Waals surface area contributed by atoms with Crippen LogP contribution in [0.15, 0.2) is 85.1 Å². The molecule has 0 aliphatic carbocycles. The minimum absolute atomic E-state index is 0.149. The second-order valence-electron chi connectivity index (χ2n) is 12.0. The lowest BCUT2D eigenvalue weighted by Crippen LogP contribution is -2.60. The van der Waals surface area contributed by atoms with E-state index in [9.17, 15) is 14.4 Å². The molecule has 3 heterocycles. The molecule has 6 rings (SSSR count). The fourth-order valence-corrected chi connectivity index (χ4v) is 6.43. The molecule has 4 aromatic rings. The summed E-state index contributed by atoms with van der Waals surface area (Å²) in [5, 5.41) is 3.94. The lowest BCUT2D eigenvalue weighted by molar-refractivity contribution is -0.141. The largest absolute Gasteiger partial charge is 0.454 e. The summed E-state index contributed by atoms with van der Waals surface area (Å²) in [5.74, 6) is -1.04. The fraction of sp³-hybridized carbons (Fsp3) is 0.324. The van der Waals surface area contributed by atoms with Crippen molar-refractivity contribution >= 4 is 28.7 Å². The number of likely N-dealkylation sites (tertiary alicyclic amines) is 1. The van der Waals surface area contributed by atoms with Gasteiger partial charge in [-0.1, -0.05) is 66.7 Å². The molecule has 2 aliphatic rings. The van der Waals surface area contributed by atoms with Crippen LogP contribution in [0.1, 0.15) is 59.7 Å². The third kappa shape index (κ3) is 5.07. The number of fused-ring (bicyclic) bond motifs is 2. The Morgan fingerprint density at radius 1 is 1.02 bits per heavy atom. The molecule has 2 amide bonds. The van der Waals surface area contributed by atoms with Gasteiger partial charge in [-0.25, -0.2) is 4.79 Å². The average molecular weight is 565 g/mol. The van der Waals surface area contributed by atoms with Crippen LogP contribution in [0.25, 0.3) is 10.9 Å². The first kappa shape index (κ1) is 27.7. The Kier molecular flexibility index (Phi) is 7.10. The predicted octanol–water partition coefficient (Wildman–Crippen LogP) is 4.30. The fourth-order valence-electron chi connectivity index (χ4n) is 6.43. The van der Waals surface area contributed by atoms with Gasteiger partial charge in [0.15, 0.2) is 0 Å². The van der Waals surface area contributed by atoms with Gasteiger partial charge >= 0.3 is 5.97 Å². The van der Waals surface area contributed by atoms with Crippen molar-refractivity contribution in [2.24, 2.45) is 5.73 Å². The lowest BCUT2D eigenvalue weighted by Gasteiger charge is -2.49. The van der Waals surface area contributed by atoms with Crippen molar-refractivity contribution in [3.8, 4) is 0 Å². The van der Waals surface area contributed by atoms with E-state index in [2.05, 4.69) is 22.4 Å². The number of nitrogens with zero attached hydrogens (tertiary/aromatic N) is 1. The number of amides is 2. The maximum atomic E-state index is 14.1. The van der Waals surface area contributed by atoms with Gasteiger partial charge < -0.3 is 25.7 Å². The van der Waals surface area contributed by atoms with Crippen LogP contribution in [0, 0.1) is 0 Å². The van der Waals surface area contributed by atoms with Crippen LogP contribution >= 0.6 is 0 Å². The van der Waals surface area contributed by atoms with Crippen LogP contribution in [-0.2, 0) is 20.7 Å². The zero-order valence-electron chi connectivity index (χ0n) is 23.9. The maximum Gasteiger partial charge on any atom is 0.339 e. The normalized spacial score (nSPS) is 18.8. The molecule has 1 unspecified atom stereocenters. The summed E-state index contributed by atoms with van der Waals surface area (Å²) in [4.78, 5) is 45.3. The number of piperidine rings is 1. The molecule has 0 saturated carbocycles. The third-order valence-electron chi connectivity index (χ3n) is 8.66. The highest BCUT2D eigenvalue weighted by Gasteiger charge is 2.51. The molecule has 42 heavy (non-hydrogen) atoms. The number of carbonyl (C=O) groups is 3. The zero-order chi connectivity index (χ0) is 29.5. The van der Waals surface area contributed by atoms with E-state index in [0.717, 1.165) is 27.6 Å². The Balaban J connectivity index is 1.27. The maximum absolute atomic E-state index is 14.1. The number of aromatic nitrogens is 1. The van der Waals surface area contributed by atoms with E-state index in [0.29, 0.717) is 37.9 Å². The minimum atomic E-state index is -1.14. The van der Waals surface area contributed by atoms with Crippen LogP contribution in [0.4, 0.5) is 0 Å². The molecular weight excluding hydrogens is 528 g/mol. The quantitative estimate of drug-likeness (QED) is 0.302. The molecular formula is C34H36N4O4. The molecule has 1 saturated heterocycles. The Morgan fingerprint density at radius 3 is 2.43 bits per heavy atom. The SMILES string of the molecule is CC(C)(N)C(=O)N[C@H](Cc1c[nH]c2ccccc12)C(=O)N1CCC2(CC1)OC(=O)c1ccccc1C2c1ccccc1. The second-order valence-corrected chi connectivity index (χ2v) is 12.0. The second kappa shape index (κ2) is 10.8. The lowest BCUT2D eigenvalue weighted by atomic mass is 9.69. The number of ether oxygens (including phenoxy) is 1. The molecule has 3 aromatic carbocycles. The van der Waals surface area contributed by atoms with Gasteiger partial charge in [-0.05, 0) is 42.7 Å². The van der Waals surface area contributed by atoms with Gasteiger partial charge in [0, 0.05) is 55.4 Å². The molecule has 1 spiro atoms. The van der Waals surface area contributed by atoms with E-state index < -0.39 is 23.1 Å². The number of para-hydroxylation sites is 1. The number of H-pyrrole nitrogens is 1. The van der Waals surface area contributed by atoms with Crippen molar-refractivity contribution in [1.82, 2.24) is 15.2 Å². The molecule has 0 radical (unpaired) electrons. The molecule has 8 nitrogen and oxygen atoms in total. The van der Waals surface area contributed by atoms with Gasteiger partial charge in [0.1, 0.15) is 11.6 Å². The standard InChI is InChI=1S/C34H36N4O4/c1-33(2,35)32(41)37-28(20-23-21-36-27-15-9-8-12-24(23)27)30(39)38-18-16-34(17-19-38)29(22-10-4-3-5-11-22)25-13-6-7-14-26(25)31(40)42-34/h3-15,21,28-29,36H,16-20,35H2,1-2H3,(H,37,41)/t28-,29?/m1/s1. The van der Waals surface area contributed by atoms with Gasteiger partial charge in [0.05, 0.1) is 11.1 Å². The number of benzene rings is 3. The Hall–Kier alpha value is -4.43. The van der Waals surface area contributed by atoms with Gasteiger partial charge in [-0.15, -0.1) is 0 Å². The van der Waals surface area contributed by atoms with Crippen molar-refractivity contribution in [2.45, 2.75) is 56.2 Å². The molecule has 2 atom stereocenters. The smallest absolute Gasteiger partial charge is 0.339 e. The molecule has 216 valence electrons. The topological polar surface area (TPSA) is 118 Å². The number of carbonyl (C=O) groups excluding carboxylic acids is 3. The first-order valence-electron chi connectivity index (χ1n) is 14.5. The number of nitrogens with one attached hydrogen (secondary N) is 2. The zero-order valence-corrected chi connectivity index (χ0v) is 23.9. The summed E-state index contributed by atoms with van der Waals surface area (Å²) in [6, 6.07) is 24.8. The summed E-state index contributed by atoms with van der Waals surface area (Å²) >= 11 is 0. The van der Waals surface area contributed by atoms with Crippen molar-refractivity contribution in [1.29, 1.82) is 0 Å². The van der Waals surface area contributed by atoms with E-state index in [1.165, 1.54) is 0 Å². The van der Waals surface area contributed by atoms with E-state index in [4.69, 9.17) is 10.5 Å². The summed E-state index contributed by atoms with van der Waals surface area (Å²) in [5.41, 5.74) is 8.69. The highest BCUT2D eigenvalue weighted by atomic mass is 16.6. The highest BCUT2D eigenvalue weighted by molar-refractivity contribution is 5.94. The molecule has 8 heteroatoms. The molecule has 2 aliphatic heterocycles. The number of rotatable bonds is 6. The molecule has 1 fully saturated rings. The molecule has 1 aromatic heterocycles.